The van der Waals surface area contributed by atoms with Crippen LogP contribution in [-0.2, 0) is 0 Å². The van der Waals surface area contributed by atoms with Crippen LogP contribution in [0.3, 0.4) is 0 Å². The minimum absolute atomic E-state index is 0.0158. The molecule has 1 fully saturated rings. The summed E-state index contributed by atoms with van der Waals surface area (Å²) in [6.07, 6.45) is -0.0158. The first kappa shape index (κ1) is 16.1. The summed E-state index contributed by atoms with van der Waals surface area (Å²) in [6, 6.07) is 27.1. The molecule has 0 saturated carbocycles. The van der Waals surface area contributed by atoms with Crippen molar-refractivity contribution in [2.45, 2.75) is 18.2 Å². The highest BCUT2D eigenvalue weighted by Gasteiger charge is 2.59. The molecule has 26 heavy (non-hydrogen) atoms. The van der Waals surface area contributed by atoms with Crippen molar-refractivity contribution in [2.24, 2.45) is 4.99 Å². The number of nitrogens with zero attached hydrogens (tertiary/aromatic N) is 2. The Kier molecular flexibility index (Phi) is 3.86. The molecule has 128 valence electrons. The molecular weight excluding hydrogens is 363 g/mol. The highest BCUT2D eigenvalue weighted by Crippen LogP contribution is 2.56. The van der Waals surface area contributed by atoms with E-state index in [0.29, 0.717) is 6.04 Å². The predicted molar refractivity (Wildman–Crippen MR) is 107 cm³/mol. The maximum Gasteiger partial charge on any atom is 0.129 e. The van der Waals surface area contributed by atoms with Gasteiger partial charge in [-0.2, -0.15) is 0 Å². The summed E-state index contributed by atoms with van der Waals surface area (Å²) in [7, 11) is 0. The largest absolute Gasteiger partial charge is 0.263 e. The van der Waals surface area contributed by atoms with E-state index in [4.69, 9.17) is 28.2 Å². The van der Waals surface area contributed by atoms with Crippen LogP contribution < -0.4 is 0 Å². The van der Waals surface area contributed by atoms with E-state index in [0.717, 1.165) is 21.3 Å². The molecule has 2 aliphatic heterocycles. The normalized spacial score (nSPS) is 26.3. The van der Waals surface area contributed by atoms with E-state index in [1.807, 2.05) is 36.4 Å². The van der Waals surface area contributed by atoms with Crippen LogP contribution in [0.5, 0.6) is 0 Å². The van der Waals surface area contributed by atoms with E-state index in [1.165, 1.54) is 11.1 Å². The number of hydrogen-bond donors (Lipinski definition) is 0. The van der Waals surface area contributed by atoms with Crippen LogP contribution in [0, 0.1) is 0 Å². The van der Waals surface area contributed by atoms with Crippen LogP contribution in [-0.4, -0.2) is 16.7 Å². The fourth-order valence-electron chi connectivity index (χ4n) is 3.93. The molecule has 0 aliphatic carbocycles. The first-order valence-electron chi connectivity index (χ1n) is 8.64. The number of benzene rings is 3. The van der Waals surface area contributed by atoms with E-state index < -0.39 is 0 Å². The molecule has 3 aromatic rings. The molecule has 2 heterocycles. The summed E-state index contributed by atoms with van der Waals surface area (Å²) in [6.45, 7) is 0. The summed E-state index contributed by atoms with van der Waals surface area (Å²) in [4.78, 5) is 7.48. The fourth-order valence-corrected chi connectivity index (χ4v) is 4.33. The Balaban J connectivity index is 1.58. The second-order valence-electron chi connectivity index (χ2n) is 6.70. The Morgan fingerprint density at radius 3 is 2.04 bits per heavy atom. The average Bonchev–Trinajstić information content (AvgIpc) is 3.26. The number of rotatable bonds is 3. The lowest BCUT2D eigenvalue weighted by molar-refractivity contribution is 0.404. The second kappa shape index (κ2) is 6.24. The summed E-state index contributed by atoms with van der Waals surface area (Å²) < 4.78 is 0. The van der Waals surface area contributed by atoms with Gasteiger partial charge in [0.15, 0.2) is 0 Å². The van der Waals surface area contributed by atoms with Gasteiger partial charge in [-0.1, -0.05) is 77.8 Å². The Hall–Kier alpha value is -2.13. The number of halogens is 2. The molecule has 0 N–H and O–H groups in total. The minimum atomic E-state index is -0.0158. The Morgan fingerprint density at radius 2 is 1.35 bits per heavy atom. The highest BCUT2D eigenvalue weighted by atomic mass is 35.5. The molecule has 1 saturated heterocycles. The van der Waals surface area contributed by atoms with Crippen molar-refractivity contribution in [3.8, 4) is 0 Å². The van der Waals surface area contributed by atoms with Crippen molar-refractivity contribution in [1.82, 2.24) is 4.90 Å². The Labute approximate surface area is 162 Å². The van der Waals surface area contributed by atoms with Crippen molar-refractivity contribution < 1.29 is 0 Å². The third-order valence-electron chi connectivity index (χ3n) is 5.08. The Morgan fingerprint density at radius 1 is 0.692 bits per heavy atom. The third kappa shape index (κ3) is 2.66. The predicted octanol–water partition coefficient (Wildman–Crippen LogP) is 5.92. The van der Waals surface area contributed by atoms with Gasteiger partial charge in [0.1, 0.15) is 6.17 Å². The molecule has 0 spiro atoms. The zero-order chi connectivity index (χ0) is 17.7. The molecule has 0 amide bonds. The van der Waals surface area contributed by atoms with Crippen molar-refractivity contribution in [1.29, 1.82) is 0 Å². The molecule has 0 bridgehead atoms. The standard InChI is InChI=1S/C22H16Cl2N2/c23-17-10-4-8-15(12-17)20-21-19(14-6-2-1-3-7-14)25-22(26(20)21)16-9-5-11-18(24)13-16/h1-13,20-22H/t20-,21-,22-,26?/m1/s1. The Bertz CT molecular complexity index is 1000. The lowest BCUT2D eigenvalue weighted by Gasteiger charge is -2.15. The van der Waals surface area contributed by atoms with Crippen LogP contribution in [0.25, 0.3) is 0 Å². The zero-order valence-corrected chi connectivity index (χ0v) is 15.4. The number of hydrogen-bond acceptors (Lipinski definition) is 2. The van der Waals surface area contributed by atoms with Crippen molar-refractivity contribution in [3.05, 3.63) is 106 Å². The maximum absolute atomic E-state index is 6.23. The van der Waals surface area contributed by atoms with Gasteiger partial charge >= 0.3 is 0 Å². The molecular formula is C22H16Cl2N2. The van der Waals surface area contributed by atoms with Gasteiger partial charge < -0.3 is 0 Å². The van der Waals surface area contributed by atoms with E-state index >= 15 is 0 Å². The van der Waals surface area contributed by atoms with Crippen molar-refractivity contribution in [2.75, 3.05) is 0 Å². The second-order valence-corrected chi connectivity index (χ2v) is 7.57. The number of aliphatic imine (C=N–C) groups is 1. The first-order chi connectivity index (χ1) is 12.7. The SMILES string of the molecule is Clc1cccc([C@@H]2[C@H]3C(c4ccccc4)=N[C@@H](c4cccc(Cl)c4)N32)c1. The third-order valence-corrected chi connectivity index (χ3v) is 5.55. The maximum atomic E-state index is 6.23. The van der Waals surface area contributed by atoms with Gasteiger partial charge in [0.2, 0.25) is 0 Å². The smallest absolute Gasteiger partial charge is 0.129 e. The van der Waals surface area contributed by atoms with Crippen LogP contribution in [0.1, 0.15) is 28.9 Å². The van der Waals surface area contributed by atoms with Crippen molar-refractivity contribution >= 4 is 28.9 Å². The lowest BCUT2D eigenvalue weighted by Crippen LogP contribution is -2.08. The monoisotopic (exact) mass is 378 g/mol. The molecule has 3 aromatic carbocycles. The first-order valence-corrected chi connectivity index (χ1v) is 9.39. The quantitative estimate of drug-likeness (QED) is 0.516. The van der Waals surface area contributed by atoms with Gasteiger partial charge in [0, 0.05) is 10.0 Å². The van der Waals surface area contributed by atoms with Gasteiger partial charge in [0.25, 0.3) is 0 Å². The molecule has 0 radical (unpaired) electrons. The molecule has 1 unspecified atom stereocenters. The van der Waals surface area contributed by atoms with Crippen LogP contribution in [0.2, 0.25) is 10.0 Å². The van der Waals surface area contributed by atoms with E-state index in [-0.39, 0.29) is 12.2 Å². The molecule has 0 aromatic heterocycles. The van der Waals surface area contributed by atoms with Crippen molar-refractivity contribution in [3.63, 3.8) is 0 Å². The molecule has 4 heteroatoms. The average molecular weight is 379 g/mol. The number of fused-ring (bicyclic) bond motifs is 1. The fraction of sp³-hybridized carbons (Fsp3) is 0.136. The van der Waals surface area contributed by atoms with Gasteiger partial charge in [-0.3, -0.25) is 9.89 Å². The van der Waals surface area contributed by atoms with Crippen LogP contribution in [0.4, 0.5) is 0 Å². The van der Waals surface area contributed by atoms with E-state index in [9.17, 15) is 0 Å². The van der Waals surface area contributed by atoms with Crippen LogP contribution in [0.15, 0.2) is 83.9 Å². The lowest BCUT2D eigenvalue weighted by atomic mass is 10.0. The topological polar surface area (TPSA) is 15.4 Å². The van der Waals surface area contributed by atoms with Gasteiger partial charge in [-0.15, -0.1) is 0 Å². The molecule has 2 nitrogen and oxygen atoms in total. The summed E-state index contributed by atoms with van der Waals surface area (Å²) >= 11 is 12.5. The zero-order valence-electron chi connectivity index (χ0n) is 13.9. The van der Waals surface area contributed by atoms with Gasteiger partial charge in [0.05, 0.1) is 17.8 Å². The van der Waals surface area contributed by atoms with Gasteiger partial charge in [-0.05, 0) is 41.0 Å². The van der Waals surface area contributed by atoms with Gasteiger partial charge in [-0.25, -0.2) is 0 Å². The molecule has 4 atom stereocenters. The van der Waals surface area contributed by atoms with E-state index in [2.05, 4.69) is 47.4 Å². The van der Waals surface area contributed by atoms with E-state index in [1.54, 1.807) is 0 Å². The highest BCUT2D eigenvalue weighted by molar-refractivity contribution is 6.31. The molecule has 5 rings (SSSR count). The molecule has 2 aliphatic rings. The minimum Gasteiger partial charge on any atom is -0.263 e. The van der Waals surface area contributed by atoms with Crippen LogP contribution >= 0.6 is 23.2 Å². The summed E-state index contributed by atoms with van der Waals surface area (Å²) in [5, 5.41) is 1.51. The summed E-state index contributed by atoms with van der Waals surface area (Å²) in [5.74, 6) is 0. The summed E-state index contributed by atoms with van der Waals surface area (Å²) in [5.41, 5.74) is 4.67.